The number of rotatable bonds is 5. The normalized spacial score (nSPS) is 13.2. The van der Waals surface area contributed by atoms with E-state index >= 15 is 0 Å². The lowest BCUT2D eigenvalue weighted by Gasteiger charge is -2.11. The lowest BCUT2D eigenvalue weighted by molar-refractivity contribution is 0.520. The predicted octanol–water partition coefficient (Wildman–Crippen LogP) is 0.236. The van der Waals surface area contributed by atoms with Crippen LogP contribution in [0, 0.1) is 0 Å². The van der Waals surface area contributed by atoms with Gasteiger partial charge >= 0.3 is 0 Å². The van der Waals surface area contributed by atoms with Gasteiger partial charge in [0.25, 0.3) is 0 Å². The molecule has 0 aliphatic carbocycles. The Morgan fingerprint density at radius 3 is 3.08 bits per heavy atom. The molecule has 1 heterocycles. The van der Waals surface area contributed by atoms with E-state index in [-0.39, 0.29) is 0 Å². The first-order valence-electron chi connectivity index (χ1n) is 3.97. The van der Waals surface area contributed by atoms with Crippen LogP contribution in [0.4, 0.5) is 0 Å². The number of aromatic nitrogens is 2. The van der Waals surface area contributed by atoms with Crippen LogP contribution in [0.3, 0.4) is 0 Å². The highest BCUT2D eigenvalue weighted by Gasteiger charge is 2.00. The smallest absolute Gasteiger partial charge is 0.0880 e. The van der Waals surface area contributed by atoms with Gasteiger partial charge in [0.15, 0.2) is 0 Å². The molecule has 2 N–H and O–H groups in total. The largest absolute Gasteiger partial charge is 0.318 e. The number of nitrogens with zero attached hydrogens (tertiary/aromatic N) is 2. The standard InChI is InChI=1S/C7H14N4S/c1-6(3-8-2)9-4-7-5-10-12-11-7/h5-6,8-9H,3-4H2,1-2H3. The highest BCUT2D eigenvalue weighted by molar-refractivity contribution is 6.99. The van der Waals surface area contributed by atoms with E-state index in [1.165, 1.54) is 11.7 Å². The Morgan fingerprint density at radius 1 is 1.67 bits per heavy atom. The Bertz CT molecular complexity index is 199. The maximum absolute atomic E-state index is 4.10. The summed E-state index contributed by atoms with van der Waals surface area (Å²) in [7, 11) is 1.95. The highest BCUT2D eigenvalue weighted by atomic mass is 32.1. The number of hydrogen-bond donors (Lipinski definition) is 2. The summed E-state index contributed by atoms with van der Waals surface area (Å²) in [6.07, 6.45) is 1.80. The van der Waals surface area contributed by atoms with Crippen molar-refractivity contribution in [3.05, 3.63) is 11.9 Å². The molecule has 0 aromatic carbocycles. The predicted molar refractivity (Wildman–Crippen MR) is 50.1 cm³/mol. The van der Waals surface area contributed by atoms with Crippen molar-refractivity contribution in [1.82, 2.24) is 19.4 Å². The Morgan fingerprint density at radius 2 is 2.50 bits per heavy atom. The second kappa shape index (κ2) is 5.18. The summed E-state index contributed by atoms with van der Waals surface area (Å²) < 4.78 is 8.02. The Balaban J connectivity index is 2.17. The van der Waals surface area contributed by atoms with E-state index in [0.29, 0.717) is 6.04 Å². The summed E-state index contributed by atoms with van der Waals surface area (Å²) in [5.74, 6) is 0. The molecule has 1 unspecified atom stereocenters. The molecule has 12 heavy (non-hydrogen) atoms. The van der Waals surface area contributed by atoms with Crippen molar-refractivity contribution in [3.8, 4) is 0 Å². The van der Waals surface area contributed by atoms with Crippen molar-refractivity contribution < 1.29 is 0 Å². The molecule has 1 aromatic rings. The van der Waals surface area contributed by atoms with Gasteiger partial charge in [0.1, 0.15) is 0 Å². The van der Waals surface area contributed by atoms with Gasteiger partial charge in [0.05, 0.1) is 23.6 Å². The molecule has 68 valence electrons. The van der Waals surface area contributed by atoms with E-state index in [2.05, 4.69) is 26.3 Å². The van der Waals surface area contributed by atoms with Gasteiger partial charge in [0.2, 0.25) is 0 Å². The summed E-state index contributed by atoms with van der Waals surface area (Å²) in [6, 6.07) is 0.469. The zero-order valence-corrected chi connectivity index (χ0v) is 8.19. The Hall–Kier alpha value is -0.520. The fourth-order valence-electron chi connectivity index (χ4n) is 0.919. The number of hydrogen-bond acceptors (Lipinski definition) is 5. The van der Waals surface area contributed by atoms with Crippen molar-refractivity contribution in [1.29, 1.82) is 0 Å². The molecule has 0 bridgehead atoms. The molecule has 1 atom stereocenters. The summed E-state index contributed by atoms with van der Waals surface area (Å²) in [5, 5.41) is 6.43. The van der Waals surface area contributed by atoms with Gasteiger partial charge in [-0.3, -0.25) is 0 Å². The average Bonchev–Trinajstić information content (AvgIpc) is 2.53. The van der Waals surface area contributed by atoms with Gasteiger partial charge in [-0.15, -0.1) is 0 Å². The molecule has 0 aliphatic heterocycles. The Kier molecular flexibility index (Phi) is 4.13. The quantitative estimate of drug-likeness (QED) is 0.691. The third-order valence-corrected chi connectivity index (χ3v) is 2.06. The summed E-state index contributed by atoms with van der Waals surface area (Å²) in [5.41, 5.74) is 1.02. The molecular weight excluding hydrogens is 172 g/mol. The molecule has 0 spiro atoms. The van der Waals surface area contributed by atoms with Crippen LogP contribution < -0.4 is 10.6 Å². The van der Waals surface area contributed by atoms with Crippen molar-refractivity contribution in [2.45, 2.75) is 19.5 Å². The van der Waals surface area contributed by atoms with Gasteiger partial charge in [-0.05, 0) is 14.0 Å². The minimum Gasteiger partial charge on any atom is -0.318 e. The minimum atomic E-state index is 0.469. The maximum Gasteiger partial charge on any atom is 0.0880 e. The van der Waals surface area contributed by atoms with E-state index in [0.717, 1.165) is 18.8 Å². The zero-order chi connectivity index (χ0) is 8.81. The van der Waals surface area contributed by atoms with Gasteiger partial charge in [-0.25, -0.2) is 0 Å². The molecule has 0 amide bonds. The van der Waals surface area contributed by atoms with E-state index < -0.39 is 0 Å². The van der Waals surface area contributed by atoms with E-state index in [1.54, 1.807) is 6.20 Å². The van der Waals surface area contributed by atoms with Crippen LogP contribution in [0.25, 0.3) is 0 Å². The average molecular weight is 186 g/mol. The first-order valence-corrected chi connectivity index (χ1v) is 4.70. The van der Waals surface area contributed by atoms with Crippen LogP contribution >= 0.6 is 11.7 Å². The second-order valence-electron chi connectivity index (χ2n) is 2.74. The monoisotopic (exact) mass is 186 g/mol. The SMILES string of the molecule is CNCC(C)NCc1cnsn1. The molecule has 5 heteroatoms. The molecule has 0 fully saturated rings. The highest BCUT2D eigenvalue weighted by Crippen LogP contribution is 1.94. The summed E-state index contributed by atoms with van der Waals surface area (Å²) in [6.45, 7) is 3.91. The molecule has 4 nitrogen and oxygen atoms in total. The molecule has 1 rings (SSSR count). The molecule has 0 saturated carbocycles. The van der Waals surface area contributed by atoms with E-state index in [1.807, 2.05) is 7.05 Å². The second-order valence-corrected chi connectivity index (χ2v) is 3.30. The molecule has 0 aliphatic rings. The molecule has 1 aromatic heterocycles. The van der Waals surface area contributed by atoms with Crippen LogP contribution in [-0.2, 0) is 6.54 Å². The lowest BCUT2D eigenvalue weighted by atomic mass is 10.3. The van der Waals surface area contributed by atoms with Crippen LogP contribution in [-0.4, -0.2) is 28.4 Å². The first-order chi connectivity index (χ1) is 5.83. The van der Waals surface area contributed by atoms with Gasteiger partial charge in [-0.2, -0.15) is 8.75 Å². The zero-order valence-electron chi connectivity index (χ0n) is 7.37. The van der Waals surface area contributed by atoms with Crippen LogP contribution in [0.15, 0.2) is 6.20 Å². The maximum atomic E-state index is 4.10. The minimum absolute atomic E-state index is 0.469. The van der Waals surface area contributed by atoms with E-state index in [4.69, 9.17) is 0 Å². The van der Waals surface area contributed by atoms with Crippen LogP contribution in [0.2, 0.25) is 0 Å². The summed E-state index contributed by atoms with van der Waals surface area (Å²) >= 11 is 1.25. The number of nitrogens with one attached hydrogen (secondary N) is 2. The van der Waals surface area contributed by atoms with Gasteiger partial charge in [-0.1, -0.05) is 0 Å². The van der Waals surface area contributed by atoms with Crippen molar-refractivity contribution in [3.63, 3.8) is 0 Å². The Labute approximate surface area is 76.7 Å². The number of likely N-dealkylation sites (N-methyl/N-ethyl adjacent to an activating group) is 1. The van der Waals surface area contributed by atoms with E-state index in [9.17, 15) is 0 Å². The first kappa shape index (κ1) is 9.57. The van der Waals surface area contributed by atoms with Gasteiger partial charge < -0.3 is 10.6 Å². The molecule has 0 radical (unpaired) electrons. The topological polar surface area (TPSA) is 49.8 Å². The molecule has 0 saturated heterocycles. The van der Waals surface area contributed by atoms with Crippen molar-refractivity contribution in [2.24, 2.45) is 0 Å². The molecular formula is C7H14N4S. The van der Waals surface area contributed by atoms with Crippen molar-refractivity contribution >= 4 is 11.7 Å². The fourth-order valence-corrected chi connectivity index (χ4v) is 1.35. The lowest BCUT2D eigenvalue weighted by Crippen LogP contribution is -2.34. The van der Waals surface area contributed by atoms with Gasteiger partial charge in [0, 0.05) is 19.1 Å². The van der Waals surface area contributed by atoms with Crippen LogP contribution in [0.1, 0.15) is 12.6 Å². The van der Waals surface area contributed by atoms with Crippen molar-refractivity contribution in [2.75, 3.05) is 13.6 Å². The summed E-state index contributed by atoms with van der Waals surface area (Å²) in [4.78, 5) is 0. The fraction of sp³-hybridized carbons (Fsp3) is 0.714. The van der Waals surface area contributed by atoms with Crippen LogP contribution in [0.5, 0.6) is 0 Å². The third-order valence-electron chi connectivity index (χ3n) is 1.55. The third kappa shape index (κ3) is 3.25.